The van der Waals surface area contributed by atoms with Crippen LogP contribution in [0.5, 0.6) is 28.7 Å². The smallest absolute Gasteiger partial charge is 0.231 e. The van der Waals surface area contributed by atoms with E-state index < -0.39 is 0 Å². The molecule has 3 aromatic carbocycles. The molecule has 0 saturated heterocycles. The zero-order chi connectivity index (χ0) is 22.4. The molecule has 33 heavy (non-hydrogen) atoms. The molecule has 0 fully saturated rings. The number of rotatable bonds is 5. The summed E-state index contributed by atoms with van der Waals surface area (Å²) in [7, 11) is 1.65. The molecule has 0 bridgehead atoms. The maximum atomic E-state index is 6.47. The summed E-state index contributed by atoms with van der Waals surface area (Å²) < 4.78 is 28.8. The number of benzene rings is 3. The summed E-state index contributed by atoms with van der Waals surface area (Å²) in [5.41, 5.74) is 4.09. The van der Waals surface area contributed by atoms with E-state index in [-0.39, 0.29) is 19.1 Å². The van der Waals surface area contributed by atoms with E-state index in [0.717, 1.165) is 46.1 Å². The van der Waals surface area contributed by atoms with Crippen molar-refractivity contribution in [3.63, 3.8) is 0 Å². The van der Waals surface area contributed by atoms with Gasteiger partial charge in [0.15, 0.2) is 23.0 Å². The minimum absolute atomic E-state index is 0.0675. The van der Waals surface area contributed by atoms with Crippen LogP contribution in [0, 0.1) is 0 Å². The molecule has 6 rings (SSSR count). The lowest BCUT2D eigenvalue weighted by Crippen LogP contribution is -2.33. The van der Waals surface area contributed by atoms with E-state index in [1.54, 1.807) is 7.11 Å². The van der Waals surface area contributed by atoms with Gasteiger partial charge in [0.25, 0.3) is 0 Å². The third kappa shape index (κ3) is 3.31. The summed E-state index contributed by atoms with van der Waals surface area (Å²) in [6.07, 6.45) is 0.381. The highest BCUT2D eigenvalue weighted by Crippen LogP contribution is 2.48. The van der Waals surface area contributed by atoms with Crippen molar-refractivity contribution >= 4 is 5.71 Å². The fourth-order valence-corrected chi connectivity index (χ4v) is 4.62. The Kier molecular flexibility index (Phi) is 4.75. The van der Waals surface area contributed by atoms with Crippen molar-refractivity contribution in [3.8, 4) is 28.7 Å². The summed E-state index contributed by atoms with van der Waals surface area (Å²) >= 11 is 0. The Bertz CT molecular complexity index is 1240. The van der Waals surface area contributed by atoms with E-state index in [1.807, 2.05) is 61.5 Å². The lowest BCUT2D eigenvalue weighted by Gasteiger charge is -2.38. The Labute approximate surface area is 192 Å². The molecular formula is C26H24N2O5. The maximum Gasteiger partial charge on any atom is 0.231 e. The van der Waals surface area contributed by atoms with Crippen molar-refractivity contribution in [2.45, 2.75) is 25.6 Å². The largest absolute Gasteiger partial charge is 0.493 e. The number of hydrogen-bond donors (Lipinski definition) is 0. The van der Waals surface area contributed by atoms with Gasteiger partial charge in [-0.15, -0.1) is 0 Å². The van der Waals surface area contributed by atoms with Crippen molar-refractivity contribution in [2.24, 2.45) is 5.10 Å². The molecule has 0 aromatic heterocycles. The van der Waals surface area contributed by atoms with Crippen molar-refractivity contribution < 1.29 is 23.7 Å². The molecule has 3 heterocycles. The monoisotopic (exact) mass is 444 g/mol. The van der Waals surface area contributed by atoms with E-state index in [1.165, 1.54) is 0 Å². The van der Waals surface area contributed by atoms with Gasteiger partial charge in [0, 0.05) is 23.1 Å². The quantitative estimate of drug-likeness (QED) is 0.548. The highest BCUT2D eigenvalue weighted by atomic mass is 16.7. The third-order valence-corrected chi connectivity index (χ3v) is 6.18. The first-order valence-electron chi connectivity index (χ1n) is 11.1. The van der Waals surface area contributed by atoms with Gasteiger partial charge in [-0.05, 0) is 49.4 Å². The van der Waals surface area contributed by atoms with Crippen LogP contribution in [0.1, 0.15) is 42.3 Å². The zero-order valence-electron chi connectivity index (χ0n) is 18.5. The van der Waals surface area contributed by atoms with Crippen LogP contribution in [0.4, 0.5) is 0 Å². The van der Waals surface area contributed by atoms with Crippen molar-refractivity contribution in [1.29, 1.82) is 0 Å². The molecule has 0 saturated carbocycles. The van der Waals surface area contributed by atoms with Gasteiger partial charge in [0.2, 0.25) is 13.0 Å². The van der Waals surface area contributed by atoms with Gasteiger partial charge in [-0.1, -0.05) is 18.2 Å². The second-order valence-corrected chi connectivity index (χ2v) is 8.07. The Balaban J connectivity index is 1.41. The summed E-state index contributed by atoms with van der Waals surface area (Å²) in [4.78, 5) is 0. The Hall–Kier alpha value is -3.87. The fraction of sp³-hybridized carbons (Fsp3) is 0.269. The summed E-state index contributed by atoms with van der Waals surface area (Å²) in [5, 5.41) is 7.09. The number of hydrazone groups is 1. The molecule has 168 valence electrons. The van der Waals surface area contributed by atoms with Gasteiger partial charge in [0.1, 0.15) is 5.75 Å². The molecule has 0 aliphatic carbocycles. The van der Waals surface area contributed by atoms with Gasteiger partial charge in [-0.3, -0.25) is 0 Å². The molecule has 0 unspecified atom stereocenters. The predicted molar refractivity (Wildman–Crippen MR) is 122 cm³/mol. The summed E-state index contributed by atoms with van der Waals surface area (Å²) in [6, 6.07) is 20.1. The number of fused-ring (bicyclic) bond motifs is 4. The zero-order valence-corrected chi connectivity index (χ0v) is 18.5. The topological polar surface area (TPSA) is 61.8 Å². The summed E-state index contributed by atoms with van der Waals surface area (Å²) in [5.74, 6) is 3.78. The highest BCUT2D eigenvalue weighted by molar-refractivity contribution is 6.02. The average Bonchev–Trinajstić information content (AvgIpc) is 3.51. The molecule has 2 atom stereocenters. The first kappa shape index (κ1) is 19.8. The number of ether oxygens (including phenoxy) is 5. The van der Waals surface area contributed by atoms with Crippen LogP contribution in [-0.2, 0) is 0 Å². The Morgan fingerprint density at radius 1 is 0.970 bits per heavy atom. The molecule has 0 N–H and O–H groups in total. The minimum Gasteiger partial charge on any atom is -0.493 e. The minimum atomic E-state index is -0.388. The lowest BCUT2D eigenvalue weighted by atomic mass is 9.95. The van der Waals surface area contributed by atoms with Gasteiger partial charge in [-0.25, -0.2) is 5.01 Å². The standard InChI is InChI=1S/C26H24N2O5/c1-3-30-22-11-9-17(13-24(22)29-2)26-28-20(18-6-4-5-7-21(18)33-26)14-19(27-28)16-8-10-23-25(12-16)32-15-31-23/h4-13,20,26H,3,14-15H2,1-2H3/t20-,26-/m1/s1. The second kappa shape index (κ2) is 7.92. The second-order valence-electron chi connectivity index (χ2n) is 8.07. The van der Waals surface area contributed by atoms with E-state index >= 15 is 0 Å². The molecule has 7 heteroatoms. The van der Waals surface area contributed by atoms with Gasteiger partial charge in [-0.2, -0.15) is 5.10 Å². The first-order valence-corrected chi connectivity index (χ1v) is 11.1. The van der Waals surface area contributed by atoms with Crippen LogP contribution in [0.25, 0.3) is 0 Å². The fourth-order valence-electron chi connectivity index (χ4n) is 4.62. The van der Waals surface area contributed by atoms with Crippen LogP contribution in [0.3, 0.4) is 0 Å². The van der Waals surface area contributed by atoms with E-state index in [2.05, 4.69) is 11.1 Å². The van der Waals surface area contributed by atoms with Crippen LogP contribution in [0.2, 0.25) is 0 Å². The van der Waals surface area contributed by atoms with Crippen LogP contribution < -0.4 is 23.7 Å². The lowest BCUT2D eigenvalue weighted by molar-refractivity contribution is -0.0191. The maximum absolute atomic E-state index is 6.47. The number of methoxy groups -OCH3 is 1. The van der Waals surface area contributed by atoms with Crippen molar-refractivity contribution in [1.82, 2.24) is 5.01 Å². The van der Waals surface area contributed by atoms with Crippen molar-refractivity contribution in [3.05, 3.63) is 77.4 Å². The average molecular weight is 444 g/mol. The molecule has 3 aliphatic heterocycles. The van der Waals surface area contributed by atoms with Crippen LogP contribution in [0.15, 0.2) is 65.8 Å². The molecule has 0 spiro atoms. The van der Waals surface area contributed by atoms with Crippen LogP contribution in [-0.4, -0.2) is 31.2 Å². The molecule has 3 aliphatic rings. The Morgan fingerprint density at radius 3 is 2.73 bits per heavy atom. The van der Waals surface area contributed by atoms with Crippen LogP contribution >= 0.6 is 0 Å². The summed E-state index contributed by atoms with van der Waals surface area (Å²) in [6.45, 7) is 2.78. The highest BCUT2D eigenvalue weighted by Gasteiger charge is 2.41. The molecule has 7 nitrogen and oxygen atoms in total. The van der Waals surface area contributed by atoms with E-state index in [9.17, 15) is 0 Å². The Morgan fingerprint density at radius 2 is 1.85 bits per heavy atom. The van der Waals surface area contributed by atoms with Crippen molar-refractivity contribution in [2.75, 3.05) is 20.5 Å². The molecule has 3 aromatic rings. The van der Waals surface area contributed by atoms with E-state index in [4.69, 9.17) is 28.8 Å². The normalized spacial score (nSPS) is 19.9. The molecule has 0 radical (unpaired) electrons. The third-order valence-electron chi connectivity index (χ3n) is 6.18. The number of para-hydroxylation sites is 1. The first-order chi connectivity index (χ1) is 16.2. The van der Waals surface area contributed by atoms with Gasteiger partial charge >= 0.3 is 0 Å². The SMILES string of the molecule is CCOc1ccc([C@H]2Oc3ccccc3[C@H]3CC(c4ccc5c(c4)OCO5)=NN32)cc1OC. The molecular weight excluding hydrogens is 420 g/mol. The number of hydrogen-bond acceptors (Lipinski definition) is 7. The van der Waals surface area contributed by atoms with E-state index in [0.29, 0.717) is 18.1 Å². The predicted octanol–water partition coefficient (Wildman–Crippen LogP) is 5.06. The van der Waals surface area contributed by atoms with Gasteiger partial charge in [0.05, 0.1) is 25.5 Å². The number of nitrogens with zero attached hydrogens (tertiary/aromatic N) is 2. The van der Waals surface area contributed by atoms with Gasteiger partial charge < -0.3 is 23.7 Å². The molecule has 0 amide bonds.